The van der Waals surface area contributed by atoms with Crippen molar-refractivity contribution < 1.29 is 9.90 Å². The van der Waals surface area contributed by atoms with Gasteiger partial charge in [0.05, 0.1) is 0 Å². The van der Waals surface area contributed by atoms with Crippen LogP contribution in [0.25, 0.3) is 0 Å². The zero-order valence-electron chi connectivity index (χ0n) is 9.85. The summed E-state index contributed by atoms with van der Waals surface area (Å²) in [4.78, 5) is 11.3. The van der Waals surface area contributed by atoms with Gasteiger partial charge >= 0.3 is 5.97 Å². The molecule has 1 aromatic rings. The van der Waals surface area contributed by atoms with Gasteiger partial charge in [-0.2, -0.15) is 11.8 Å². The lowest BCUT2D eigenvalue weighted by atomic mass is 10.1. The minimum Gasteiger partial charge on any atom is -0.480 e. The summed E-state index contributed by atoms with van der Waals surface area (Å²) >= 11 is 1.83. The van der Waals surface area contributed by atoms with E-state index in [1.165, 1.54) is 12.8 Å². The first-order valence-electron chi connectivity index (χ1n) is 5.73. The zero-order chi connectivity index (χ0) is 12.3. The van der Waals surface area contributed by atoms with E-state index in [0.717, 1.165) is 12.1 Å². The van der Waals surface area contributed by atoms with Gasteiger partial charge in [-0.25, -0.2) is 0 Å². The van der Waals surface area contributed by atoms with Crippen LogP contribution in [0.5, 0.6) is 0 Å². The molecule has 0 aliphatic heterocycles. The zero-order valence-corrected chi connectivity index (χ0v) is 10.7. The number of rotatable bonds is 6. The number of hydrogen-bond donors (Lipinski definition) is 2. The third kappa shape index (κ3) is 3.01. The van der Waals surface area contributed by atoms with Crippen molar-refractivity contribution in [1.82, 2.24) is 5.32 Å². The normalized spacial score (nSPS) is 18.6. The van der Waals surface area contributed by atoms with Crippen molar-refractivity contribution in [3.63, 3.8) is 0 Å². The van der Waals surface area contributed by atoms with Crippen LogP contribution >= 0.6 is 11.8 Å². The van der Waals surface area contributed by atoms with Gasteiger partial charge in [0.1, 0.15) is 6.04 Å². The van der Waals surface area contributed by atoms with Crippen LogP contribution in [0, 0.1) is 0 Å². The van der Waals surface area contributed by atoms with Gasteiger partial charge in [-0.1, -0.05) is 30.3 Å². The van der Waals surface area contributed by atoms with Crippen LogP contribution in [0.1, 0.15) is 24.4 Å². The van der Waals surface area contributed by atoms with E-state index in [-0.39, 0.29) is 4.75 Å². The van der Waals surface area contributed by atoms with E-state index < -0.39 is 12.0 Å². The largest absolute Gasteiger partial charge is 0.480 e. The minimum absolute atomic E-state index is 0.280. The first-order chi connectivity index (χ1) is 8.17. The first-order valence-corrected chi connectivity index (χ1v) is 6.96. The fourth-order valence-corrected chi connectivity index (χ4v) is 2.61. The number of aliphatic carboxylic acids is 1. The Morgan fingerprint density at radius 3 is 2.59 bits per heavy atom. The summed E-state index contributed by atoms with van der Waals surface area (Å²) in [6, 6.07) is 8.74. The Balaban J connectivity index is 2.01. The molecular weight excluding hydrogens is 234 g/mol. The van der Waals surface area contributed by atoms with E-state index in [2.05, 4.69) is 11.6 Å². The van der Waals surface area contributed by atoms with Crippen LogP contribution in [0.4, 0.5) is 0 Å². The molecule has 92 valence electrons. The third-order valence-corrected chi connectivity index (χ3v) is 4.67. The lowest BCUT2D eigenvalue weighted by molar-refractivity contribution is -0.139. The van der Waals surface area contributed by atoms with Crippen LogP contribution in [-0.4, -0.2) is 28.6 Å². The maximum atomic E-state index is 11.3. The van der Waals surface area contributed by atoms with Gasteiger partial charge < -0.3 is 5.11 Å². The Labute approximate surface area is 106 Å². The molecule has 4 heteroatoms. The second kappa shape index (κ2) is 5.10. The molecule has 1 aromatic carbocycles. The quantitative estimate of drug-likeness (QED) is 0.814. The molecule has 1 unspecified atom stereocenters. The Bertz CT molecular complexity index is 390. The second-order valence-corrected chi connectivity index (χ2v) is 5.72. The summed E-state index contributed by atoms with van der Waals surface area (Å²) in [6.07, 6.45) is 4.46. The van der Waals surface area contributed by atoms with Gasteiger partial charge in [0.2, 0.25) is 0 Å². The third-order valence-electron chi connectivity index (χ3n) is 3.25. The van der Waals surface area contributed by atoms with Crippen molar-refractivity contribution in [3.8, 4) is 0 Å². The molecule has 0 radical (unpaired) electrons. The Morgan fingerprint density at radius 1 is 1.47 bits per heavy atom. The molecule has 0 amide bonds. The van der Waals surface area contributed by atoms with E-state index >= 15 is 0 Å². The highest BCUT2D eigenvalue weighted by atomic mass is 32.2. The molecule has 2 N–H and O–H groups in total. The summed E-state index contributed by atoms with van der Waals surface area (Å²) in [6.45, 7) is 0.764. The summed E-state index contributed by atoms with van der Waals surface area (Å²) in [5.74, 6) is -0.812. The van der Waals surface area contributed by atoms with Crippen LogP contribution < -0.4 is 5.32 Å². The van der Waals surface area contributed by atoms with Crippen molar-refractivity contribution in [2.24, 2.45) is 0 Å². The number of carboxylic acids is 1. The van der Waals surface area contributed by atoms with Gasteiger partial charge in [0.15, 0.2) is 0 Å². The molecule has 1 atom stereocenters. The lowest BCUT2D eigenvalue weighted by Crippen LogP contribution is -2.34. The predicted octanol–water partition coefficient (Wildman–Crippen LogP) is 2.30. The standard InChI is InChI=1S/C13H17NO2S/c1-17-13(7-8-13)9-14-11(12(15)16)10-5-3-2-4-6-10/h2-6,11,14H,7-9H2,1H3,(H,15,16). The lowest BCUT2D eigenvalue weighted by Gasteiger charge is -2.19. The SMILES string of the molecule is CSC1(CNC(C(=O)O)c2ccccc2)CC1. The van der Waals surface area contributed by atoms with Gasteiger partial charge in [-0.05, 0) is 24.7 Å². The van der Waals surface area contributed by atoms with E-state index in [1.54, 1.807) is 0 Å². The summed E-state index contributed by atoms with van der Waals surface area (Å²) < 4.78 is 0.280. The maximum absolute atomic E-state index is 11.3. The monoisotopic (exact) mass is 251 g/mol. The first kappa shape index (κ1) is 12.5. The molecule has 0 aromatic heterocycles. The fraction of sp³-hybridized carbons (Fsp3) is 0.462. The molecule has 3 nitrogen and oxygen atoms in total. The van der Waals surface area contributed by atoms with Gasteiger partial charge in [-0.15, -0.1) is 0 Å². The van der Waals surface area contributed by atoms with Crippen molar-refractivity contribution in [1.29, 1.82) is 0 Å². The van der Waals surface area contributed by atoms with Crippen LogP contribution in [0.15, 0.2) is 30.3 Å². The topological polar surface area (TPSA) is 49.3 Å². The van der Waals surface area contributed by atoms with Crippen molar-refractivity contribution >= 4 is 17.7 Å². The molecule has 1 aliphatic rings. The smallest absolute Gasteiger partial charge is 0.325 e. The average molecular weight is 251 g/mol. The van der Waals surface area contributed by atoms with Gasteiger partial charge in [0, 0.05) is 11.3 Å². The van der Waals surface area contributed by atoms with Crippen LogP contribution in [0.3, 0.4) is 0 Å². The van der Waals surface area contributed by atoms with Crippen molar-refractivity contribution in [3.05, 3.63) is 35.9 Å². The van der Waals surface area contributed by atoms with E-state index in [9.17, 15) is 9.90 Å². The van der Waals surface area contributed by atoms with Crippen molar-refractivity contribution in [2.45, 2.75) is 23.6 Å². The molecule has 0 heterocycles. The molecule has 0 spiro atoms. The maximum Gasteiger partial charge on any atom is 0.325 e. The Hall–Kier alpha value is -1.00. The highest BCUT2D eigenvalue weighted by Gasteiger charge is 2.42. The molecule has 1 aliphatic carbocycles. The fourth-order valence-electron chi connectivity index (χ4n) is 1.87. The van der Waals surface area contributed by atoms with E-state index in [1.807, 2.05) is 42.1 Å². The summed E-state index contributed by atoms with van der Waals surface area (Å²) in [5.41, 5.74) is 0.817. The van der Waals surface area contributed by atoms with Crippen LogP contribution in [0.2, 0.25) is 0 Å². The Kier molecular flexibility index (Phi) is 3.74. The molecule has 0 bridgehead atoms. The molecule has 17 heavy (non-hydrogen) atoms. The number of nitrogens with one attached hydrogen (secondary N) is 1. The van der Waals surface area contributed by atoms with Gasteiger partial charge in [0.25, 0.3) is 0 Å². The molecule has 1 saturated carbocycles. The van der Waals surface area contributed by atoms with Crippen molar-refractivity contribution in [2.75, 3.05) is 12.8 Å². The summed E-state index contributed by atoms with van der Waals surface area (Å²) in [7, 11) is 0. The number of carboxylic acid groups (broad SMARTS) is 1. The number of carbonyl (C=O) groups is 1. The highest BCUT2D eigenvalue weighted by molar-refractivity contribution is 8.00. The highest BCUT2D eigenvalue weighted by Crippen LogP contribution is 2.46. The Morgan fingerprint density at radius 2 is 2.12 bits per heavy atom. The molecule has 2 rings (SSSR count). The summed E-state index contributed by atoms with van der Waals surface area (Å²) in [5, 5.41) is 12.4. The van der Waals surface area contributed by atoms with E-state index in [0.29, 0.717) is 0 Å². The van der Waals surface area contributed by atoms with Gasteiger partial charge in [-0.3, -0.25) is 10.1 Å². The predicted molar refractivity (Wildman–Crippen MR) is 70.3 cm³/mol. The molecular formula is C13H17NO2S. The second-order valence-electron chi connectivity index (χ2n) is 4.45. The molecule has 1 fully saturated rings. The number of thioether (sulfide) groups is 1. The molecule has 0 saturated heterocycles. The van der Waals surface area contributed by atoms with Crippen LogP contribution in [-0.2, 0) is 4.79 Å². The average Bonchev–Trinajstić information content (AvgIpc) is 3.11. The minimum atomic E-state index is -0.812. The number of benzene rings is 1. The van der Waals surface area contributed by atoms with E-state index in [4.69, 9.17) is 0 Å². The number of hydrogen-bond acceptors (Lipinski definition) is 3.